The summed E-state index contributed by atoms with van der Waals surface area (Å²) in [5, 5.41) is 3.20. The Balaban J connectivity index is 1.70. The third kappa shape index (κ3) is 3.20. The van der Waals surface area contributed by atoms with Crippen molar-refractivity contribution in [3.05, 3.63) is 64.7 Å². The van der Waals surface area contributed by atoms with E-state index in [-0.39, 0.29) is 0 Å². The Bertz CT molecular complexity index is 647. The fourth-order valence-corrected chi connectivity index (χ4v) is 2.74. The normalized spacial score (nSPS) is 14.0. The zero-order valence-electron chi connectivity index (χ0n) is 11.5. The number of halogens is 3. The molecule has 0 aromatic heterocycles. The summed E-state index contributed by atoms with van der Waals surface area (Å²) in [5.41, 5.74) is 3.73. The van der Waals surface area contributed by atoms with E-state index in [9.17, 15) is 13.2 Å². The maximum Gasteiger partial charge on any atom is 0.416 e. The van der Waals surface area contributed by atoms with Gasteiger partial charge in [0.05, 0.1) is 5.56 Å². The van der Waals surface area contributed by atoms with Crippen LogP contribution in [0.15, 0.2) is 42.5 Å². The molecular formula is C17H16F3N. The first-order valence-corrected chi connectivity index (χ1v) is 7.04. The van der Waals surface area contributed by atoms with Gasteiger partial charge < -0.3 is 5.32 Å². The minimum atomic E-state index is -4.29. The van der Waals surface area contributed by atoms with Crippen molar-refractivity contribution < 1.29 is 13.2 Å². The van der Waals surface area contributed by atoms with Gasteiger partial charge in [-0.05, 0) is 60.2 Å². The lowest BCUT2D eigenvalue weighted by atomic mass is 10.1. The van der Waals surface area contributed by atoms with E-state index in [1.807, 2.05) is 6.07 Å². The SMILES string of the molecule is FC(F)(F)c1cccc(CNc2ccc3c(c2)CCC3)c1. The molecule has 0 bridgehead atoms. The van der Waals surface area contributed by atoms with E-state index >= 15 is 0 Å². The van der Waals surface area contributed by atoms with Gasteiger partial charge in [-0.1, -0.05) is 18.2 Å². The Hall–Kier alpha value is -1.97. The molecule has 0 radical (unpaired) electrons. The molecule has 0 saturated carbocycles. The highest BCUT2D eigenvalue weighted by atomic mass is 19.4. The van der Waals surface area contributed by atoms with Gasteiger partial charge in [0, 0.05) is 12.2 Å². The zero-order valence-corrected chi connectivity index (χ0v) is 11.5. The summed E-state index contributed by atoms with van der Waals surface area (Å²) in [6, 6.07) is 11.7. The van der Waals surface area contributed by atoms with Crippen molar-refractivity contribution in [3.8, 4) is 0 Å². The highest BCUT2D eigenvalue weighted by Crippen LogP contribution is 2.30. The van der Waals surface area contributed by atoms with Crippen LogP contribution in [0.2, 0.25) is 0 Å². The fourth-order valence-electron chi connectivity index (χ4n) is 2.74. The molecule has 4 heteroatoms. The van der Waals surface area contributed by atoms with Gasteiger partial charge in [-0.3, -0.25) is 0 Å². The molecule has 0 amide bonds. The maximum absolute atomic E-state index is 12.7. The molecule has 1 N–H and O–H groups in total. The van der Waals surface area contributed by atoms with E-state index in [4.69, 9.17) is 0 Å². The van der Waals surface area contributed by atoms with Crippen LogP contribution >= 0.6 is 0 Å². The summed E-state index contributed by atoms with van der Waals surface area (Å²) in [6.07, 6.45) is -0.881. The summed E-state index contributed by atoms with van der Waals surface area (Å²) < 4.78 is 38.0. The lowest BCUT2D eigenvalue weighted by molar-refractivity contribution is -0.137. The number of hydrogen-bond acceptors (Lipinski definition) is 1. The number of benzene rings is 2. The molecule has 0 aliphatic heterocycles. The van der Waals surface area contributed by atoms with E-state index < -0.39 is 11.7 Å². The van der Waals surface area contributed by atoms with Crippen LogP contribution < -0.4 is 5.32 Å². The minimum absolute atomic E-state index is 0.392. The summed E-state index contributed by atoms with van der Waals surface area (Å²) in [4.78, 5) is 0. The Morgan fingerprint density at radius 2 is 1.76 bits per heavy atom. The molecule has 2 aromatic rings. The molecule has 0 fully saturated rings. The van der Waals surface area contributed by atoms with E-state index in [0.717, 1.165) is 24.6 Å². The summed E-state index contributed by atoms with van der Waals surface area (Å²) in [5.74, 6) is 0. The monoisotopic (exact) mass is 291 g/mol. The van der Waals surface area contributed by atoms with Crippen LogP contribution in [0.25, 0.3) is 0 Å². The van der Waals surface area contributed by atoms with Gasteiger partial charge in [-0.15, -0.1) is 0 Å². The molecule has 0 atom stereocenters. The van der Waals surface area contributed by atoms with Crippen molar-refractivity contribution in [3.63, 3.8) is 0 Å². The number of aryl methyl sites for hydroxylation is 2. The van der Waals surface area contributed by atoms with Gasteiger partial charge in [0.1, 0.15) is 0 Å². The standard InChI is InChI=1S/C17H16F3N/c18-17(19,20)15-6-1-3-12(9-15)11-21-16-8-7-13-4-2-5-14(13)10-16/h1,3,6-10,21H,2,4-5,11H2. The first kappa shape index (κ1) is 14.0. The first-order valence-electron chi connectivity index (χ1n) is 7.04. The van der Waals surface area contributed by atoms with Crippen LogP contribution in [-0.2, 0) is 25.6 Å². The van der Waals surface area contributed by atoms with Crippen molar-refractivity contribution in [2.45, 2.75) is 32.0 Å². The van der Waals surface area contributed by atoms with Crippen molar-refractivity contribution in [2.75, 3.05) is 5.32 Å². The van der Waals surface area contributed by atoms with Gasteiger partial charge >= 0.3 is 6.18 Å². The van der Waals surface area contributed by atoms with E-state index in [2.05, 4.69) is 17.4 Å². The van der Waals surface area contributed by atoms with Gasteiger partial charge in [0.15, 0.2) is 0 Å². The summed E-state index contributed by atoms with van der Waals surface area (Å²) in [6.45, 7) is 0.392. The molecule has 110 valence electrons. The lowest BCUT2D eigenvalue weighted by Crippen LogP contribution is -2.07. The molecule has 1 aliphatic rings. The van der Waals surface area contributed by atoms with Crippen LogP contribution in [0, 0.1) is 0 Å². The third-order valence-electron chi connectivity index (χ3n) is 3.85. The molecule has 0 saturated heterocycles. The molecular weight excluding hydrogens is 275 g/mol. The Labute approximate surface area is 121 Å². The number of nitrogens with one attached hydrogen (secondary N) is 1. The molecule has 1 aliphatic carbocycles. The first-order chi connectivity index (χ1) is 10.0. The molecule has 1 nitrogen and oxygen atoms in total. The predicted molar refractivity (Wildman–Crippen MR) is 77.2 cm³/mol. The number of fused-ring (bicyclic) bond motifs is 1. The van der Waals surface area contributed by atoms with Crippen molar-refractivity contribution in [1.29, 1.82) is 0 Å². The molecule has 3 rings (SSSR count). The number of alkyl halides is 3. The van der Waals surface area contributed by atoms with Crippen molar-refractivity contribution in [1.82, 2.24) is 0 Å². The van der Waals surface area contributed by atoms with Crippen LogP contribution in [-0.4, -0.2) is 0 Å². The minimum Gasteiger partial charge on any atom is -0.381 e. The zero-order chi connectivity index (χ0) is 14.9. The average molecular weight is 291 g/mol. The molecule has 0 heterocycles. The van der Waals surface area contributed by atoms with E-state index in [1.165, 1.54) is 29.7 Å². The quantitative estimate of drug-likeness (QED) is 0.856. The maximum atomic E-state index is 12.7. The third-order valence-corrected chi connectivity index (χ3v) is 3.85. The fraction of sp³-hybridized carbons (Fsp3) is 0.294. The largest absolute Gasteiger partial charge is 0.416 e. The van der Waals surface area contributed by atoms with Crippen LogP contribution in [0.1, 0.15) is 28.7 Å². The predicted octanol–water partition coefficient (Wildman–Crippen LogP) is 4.81. The Kier molecular flexibility index (Phi) is 3.62. The average Bonchev–Trinajstić information content (AvgIpc) is 2.92. The van der Waals surface area contributed by atoms with Gasteiger partial charge in [0.2, 0.25) is 0 Å². The molecule has 0 unspecified atom stereocenters. The second-order valence-electron chi connectivity index (χ2n) is 5.39. The number of rotatable bonds is 3. The molecule has 2 aromatic carbocycles. The second-order valence-corrected chi connectivity index (χ2v) is 5.39. The summed E-state index contributed by atoms with van der Waals surface area (Å²) in [7, 11) is 0. The van der Waals surface area contributed by atoms with Gasteiger partial charge in [-0.2, -0.15) is 13.2 Å². The summed E-state index contributed by atoms with van der Waals surface area (Å²) >= 11 is 0. The van der Waals surface area contributed by atoms with E-state index in [0.29, 0.717) is 12.1 Å². The van der Waals surface area contributed by atoms with Crippen molar-refractivity contribution in [2.24, 2.45) is 0 Å². The highest BCUT2D eigenvalue weighted by molar-refractivity contribution is 5.50. The molecule has 21 heavy (non-hydrogen) atoms. The van der Waals surface area contributed by atoms with Crippen LogP contribution in [0.5, 0.6) is 0 Å². The Morgan fingerprint density at radius 1 is 0.952 bits per heavy atom. The van der Waals surface area contributed by atoms with Gasteiger partial charge in [0.25, 0.3) is 0 Å². The number of anilines is 1. The lowest BCUT2D eigenvalue weighted by Gasteiger charge is -2.11. The van der Waals surface area contributed by atoms with Crippen molar-refractivity contribution >= 4 is 5.69 Å². The van der Waals surface area contributed by atoms with Crippen LogP contribution in [0.3, 0.4) is 0 Å². The second kappa shape index (κ2) is 5.43. The smallest absolute Gasteiger partial charge is 0.381 e. The van der Waals surface area contributed by atoms with Crippen LogP contribution in [0.4, 0.5) is 18.9 Å². The van der Waals surface area contributed by atoms with Gasteiger partial charge in [-0.25, -0.2) is 0 Å². The topological polar surface area (TPSA) is 12.0 Å². The molecule has 0 spiro atoms. The number of hydrogen-bond donors (Lipinski definition) is 1. The highest BCUT2D eigenvalue weighted by Gasteiger charge is 2.30. The Morgan fingerprint density at radius 3 is 2.57 bits per heavy atom. The van der Waals surface area contributed by atoms with E-state index in [1.54, 1.807) is 6.07 Å².